The molecule has 0 atom stereocenters. The Morgan fingerprint density at radius 2 is 0.944 bits per heavy atom. The molecule has 0 radical (unpaired) electrons. The first kappa shape index (κ1) is 14.9. The predicted molar refractivity (Wildman–Crippen MR) is 57.5 cm³/mol. The molecule has 0 amide bonds. The second-order valence-electron chi connectivity index (χ2n) is 5.29. The first-order valence-corrected chi connectivity index (χ1v) is 5.23. The van der Waals surface area contributed by atoms with E-state index < -0.39 is 45.6 Å². The minimum atomic E-state index is -2.17. The smallest absolute Gasteiger partial charge is 0.200 e. The number of benzene rings is 1. The van der Waals surface area contributed by atoms with Crippen LogP contribution in [-0.2, 0) is 5.41 Å². The topological polar surface area (TPSA) is 26.0 Å². The lowest BCUT2D eigenvalue weighted by Crippen LogP contribution is -2.51. The number of hydrogen-bond donors (Lipinski definition) is 1. The predicted octanol–water partition coefficient (Wildman–Crippen LogP) is 3.40. The van der Waals surface area contributed by atoms with E-state index in [-0.39, 0.29) is 0 Å². The van der Waals surface area contributed by atoms with Gasteiger partial charge in [-0.15, -0.1) is 0 Å². The Labute approximate surface area is 102 Å². The molecule has 0 aromatic heterocycles. The van der Waals surface area contributed by atoms with Crippen LogP contribution in [0.3, 0.4) is 0 Å². The highest BCUT2D eigenvalue weighted by Gasteiger charge is 2.42. The zero-order valence-electron chi connectivity index (χ0n) is 10.5. The van der Waals surface area contributed by atoms with Gasteiger partial charge < -0.3 is 5.73 Å². The van der Waals surface area contributed by atoms with Gasteiger partial charge in [-0.05, 0) is 13.8 Å². The van der Waals surface area contributed by atoms with Gasteiger partial charge in [0, 0.05) is 16.5 Å². The molecule has 0 aliphatic carbocycles. The van der Waals surface area contributed by atoms with Crippen molar-refractivity contribution in [1.82, 2.24) is 0 Å². The number of halogens is 5. The zero-order chi connectivity index (χ0) is 14.5. The first-order chi connectivity index (χ1) is 7.93. The lowest BCUT2D eigenvalue weighted by atomic mass is 9.70. The van der Waals surface area contributed by atoms with Crippen molar-refractivity contribution in [3.05, 3.63) is 34.6 Å². The fourth-order valence-corrected chi connectivity index (χ4v) is 1.48. The van der Waals surface area contributed by atoms with Crippen LogP contribution in [0.2, 0.25) is 0 Å². The average molecular weight is 267 g/mol. The van der Waals surface area contributed by atoms with Gasteiger partial charge in [-0.2, -0.15) is 0 Å². The van der Waals surface area contributed by atoms with Crippen LogP contribution in [0.15, 0.2) is 0 Å². The minimum Gasteiger partial charge on any atom is -0.325 e. The van der Waals surface area contributed by atoms with Crippen molar-refractivity contribution in [3.63, 3.8) is 0 Å². The van der Waals surface area contributed by atoms with Gasteiger partial charge in [0.2, 0.25) is 5.82 Å². The molecule has 0 saturated carbocycles. The molecule has 18 heavy (non-hydrogen) atoms. The highest BCUT2D eigenvalue weighted by molar-refractivity contribution is 5.33. The van der Waals surface area contributed by atoms with E-state index in [0.717, 1.165) is 0 Å². The third kappa shape index (κ3) is 1.98. The van der Waals surface area contributed by atoms with E-state index in [9.17, 15) is 22.0 Å². The molecule has 0 fully saturated rings. The maximum Gasteiger partial charge on any atom is 0.200 e. The summed E-state index contributed by atoms with van der Waals surface area (Å²) in [5, 5.41) is 0. The Hall–Kier alpha value is -1.17. The van der Waals surface area contributed by atoms with Crippen molar-refractivity contribution in [2.24, 2.45) is 5.73 Å². The van der Waals surface area contributed by atoms with Gasteiger partial charge in [-0.25, -0.2) is 22.0 Å². The summed E-state index contributed by atoms with van der Waals surface area (Å²) in [4.78, 5) is 0. The Morgan fingerprint density at radius 3 is 1.22 bits per heavy atom. The molecule has 1 aromatic rings. The molecule has 1 nitrogen and oxygen atoms in total. The van der Waals surface area contributed by atoms with Crippen molar-refractivity contribution in [2.45, 2.75) is 38.6 Å². The molecule has 102 valence electrons. The molecule has 1 rings (SSSR count). The number of rotatable bonds is 2. The quantitative estimate of drug-likeness (QED) is 0.496. The fourth-order valence-electron chi connectivity index (χ4n) is 1.48. The molecule has 0 heterocycles. The van der Waals surface area contributed by atoms with Crippen LogP contribution < -0.4 is 5.73 Å². The summed E-state index contributed by atoms with van der Waals surface area (Å²) in [5.74, 6) is -9.76. The van der Waals surface area contributed by atoms with Gasteiger partial charge in [0.1, 0.15) is 0 Å². The summed E-state index contributed by atoms with van der Waals surface area (Å²) in [5.41, 5.74) is 2.24. The molecule has 0 saturated heterocycles. The Balaban J connectivity index is 3.72. The minimum absolute atomic E-state index is 0.897. The van der Waals surface area contributed by atoms with E-state index in [1.807, 2.05) is 0 Å². The van der Waals surface area contributed by atoms with Crippen LogP contribution >= 0.6 is 0 Å². The van der Waals surface area contributed by atoms with Gasteiger partial charge in [0.15, 0.2) is 23.3 Å². The molecule has 0 unspecified atom stereocenters. The molecule has 2 N–H and O–H groups in total. The highest BCUT2D eigenvalue weighted by atomic mass is 19.2. The van der Waals surface area contributed by atoms with Gasteiger partial charge in [0.05, 0.1) is 0 Å². The normalized spacial score (nSPS) is 13.0. The number of hydrogen-bond acceptors (Lipinski definition) is 1. The molecule has 1 aromatic carbocycles. The van der Waals surface area contributed by atoms with Crippen LogP contribution in [0.5, 0.6) is 0 Å². The molecule has 0 spiro atoms. The summed E-state index contributed by atoms with van der Waals surface area (Å²) in [6.45, 7) is 5.55. The van der Waals surface area contributed by atoms with Gasteiger partial charge in [-0.1, -0.05) is 13.8 Å². The molecule has 0 aliphatic rings. The average Bonchev–Trinajstić information content (AvgIpc) is 2.22. The fraction of sp³-hybridized carbons (Fsp3) is 0.500. The maximum absolute atomic E-state index is 13.7. The van der Waals surface area contributed by atoms with Crippen LogP contribution in [0, 0.1) is 29.1 Å². The molecule has 0 aliphatic heterocycles. The monoisotopic (exact) mass is 267 g/mol. The summed E-state index contributed by atoms with van der Waals surface area (Å²) in [6, 6.07) is 0. The van der Waals surface area contributed by atoms with Crippen molar-refractivity contribution >= 4 is 0 Å². The van der Waals surface area contributed by atoms with Crippen LogP contribution in [0.4, 0.5) is 22.0 Å². The third-order valence-corrected chi connectivity index (χ3v) is 3.45. The summed E-state index contributed by atoms with van der Waals surface area (Å²) in [6.07, 6.45) is 0. The third-order valence-electron chi connectivity index (χ3n) is 3.45. The van der Waals surface area contributed by atoms with E-state index in [0.29, 0.717) is 0 Å². The van der Waals surface area contributed by atoms with E-state index in [2.05, 4.69) is 0 Å². The lowest BCUT2D eigenvalue weighted by Gasteiger charge is -2.39. The standard InChI is InChI=1S/C12H14F5N/c1-11(2,12(3,4)18)5-6(13)8(15)10(17)9(16)7(5)14/h18H2,1-4H3. The maximum atomic E-state index is 13.7. The van der Waals surface area contributed by atoms with Crippen molar-refractivity contribution in [1.29, 1.82) is 0 Å². The van der Waals surface area contributed by atoms with E-state index in [1.165, 1.54) is 27.7 Å². The molecular weight excluding hydrogens is 253 g/mol. The Morgan fingerprint density at radius 1 is 0.667 bits per heavy atom. The van der Waals surface area contributed by atoms with Gasteiger partial charge in [-0.3, -0.25) is 0 Å². The van der Waals surface area contributed by atoms with Crippen molar-refractivity contribution in [2.75, 3.05) is 0 Å². The van der Waals surface area contributed by atoms with Crippen LogP contribution in [0.1, 0.15) is 33.3 Å². The second kappa shape index (κ2) is 4.19. The largest absolute Gasteiger partial charge is 0.325 e. The molecule has 6 heteroatoms. The van der Waals surface area contributed by atoms with Crippen molar-refractivity contribution in [3.8, 4) is 0 Å². The molecular formula is C12H14F5N. The first-order valence-electron chi connectivity index (χ1n) is 5.23. The van der Waals surface area contributed by atoms with E-state index in [4.69, 9.17) is 5.73 Å². The van der Waals surface area contributed by atoms with Crippen molar-refractivity contribution < 1.29 is 22.0 Å². The van der Waals surface area contributed by atoms with Gasteiger partial charge in [0.25, 0.3) is 0 Å². The Bertz CT molecular complexity index is 459. The lowest BCUT2D eigenvalue weighted by molar-refractivity contribution is 0.269. The van der Waals surface area contributed by atoms with Gasteiger partial charge >= 0.3 is 0 Å². The summed E-state index contributed by atoms with van der Waals surface area (Å²) < 4.78 is 66.5. The van der Waals surface area contributed by atoms with E-state index in [1.54, 1.807) is 0 Å². The van der Waals surface area contributed by atoms with Crippen LogP contribution in [-0.4, -0.2) is 5.54 Å². The summed E-state index contributed by atoms with van der Waals surface area (Å²) >= 11 is 0. The van der Waals surface area contributed by atoms with E-state index >= 15 is 0 Å². The Kier molecular flexibility index (Phi) is 3.46. The zero-order valence-corrected chi connectivity index (χ0v) is 10.5. The molecule has 0 bridgehead atoms. The SMILES string of the molecule is CC(C)(N)C(C)(C)c1c(F)c(F)c(F)c(F)c1F. The van der Waals surface area contributed by atoms with Crippen LogP contribution in [0.25, 0.3) is 0 Å². The highest BCUT2D eigenvalue weighted by Crippen LogP contribution is 2.38. The number of nitrogens with two attached hydrogens (primary N) is 1. The second-order valence-corrected chi connectivity index (χ2v) is 5.29. The summed E-state index contributed by atoms with van der Waals surface area (Å²) in [7, 11) is 0.